The van der Waals surface area contributed by atoms with Gasteiger partial charge in [-0.3, -0.25) is 0 Å². The molecule has 2 aliphatic heterocycles. The Morgan fingerprint density at radius 3 is 2.65 bits per heavy atom. The summed E-state index contributed by atoms with van der Waals surface area (Å²) in [5, 5.41) is 3.06. The van der Waals surface area contributed by atoms with Gasteiger partial charge in [0.1, 0.15) is 11.1 Å². The lowest BCUT2D eigenvalue weighted by atomic mass is 9.89. The van der Waals surface area contributed by atoms with Crippen molar-refractivity contribution in [2.24, 2.45) is 5.92 Å². The van der Waals surface area contributed by atoms with E-state index in [-0.39, 0.29) is 17.4 Å². The van der Waals surface area contributed by atoms with Crippen molar-refractivity contribution in [2.75, 3.05) is 18.1 Å². The van der Waals surface area contributed by atoms with E-state index in [0.717, 1.165) is 6.42 Å². The van der Waals surface area contributed by atoms with Crippen LogP contribution in [-0.2, 0) is 19.4 Å². The van der Waals surface area contributed by atoms with Crippen LogP contribution in [0.3, 0.4) is 0 Å². The number of hydrogen-bond donors (Lipinski definition) is 1. The van der Waals surface area contributed by atoms with E-state index in [1.807, 2.05) is 0 Å². The lowest BCUT2D eigenvalue weighted by Crippen LogP contribution is -2.55. The lowest BCUT2D eigenvalue weighted by molar-refractivity contribution is -0.162. The number of carbonyl (C=O) groups excluding carboxylic acids is 1. The lowest BCUT2D eigenvalue weighted by Gasteiger charge is -2.30. The third-order valence-corrected chi connectivity index (χ3v) is 5.10. The van der Waals surface area contributed by atoms with Crippen LogP contribution in [0.5, 0.6) is 0 Å². The van der Waals surface area contributed by atoms with E-state index in [9.17, 15) is 13.2 Å². The van der Waals surface area contributed by atoms with Gasteiger partial charge in [0.15, 0.2) is 9.84 Å². The maximum Gasteiger partial charge on any atom is 0.328 e. The Morgan fingerprint density at radius 2 is 2.06 bits per heavy atom. The minimum absolute atomic E-state index is 0.0965. The van der Waals surface area contributed by atoms with E-state index >= 15 is 0 Å². The maximum atomic E-state index is 12.2. The first-order valence-corrected chi connectivity index (χ1v) is 7.66. The van der Waals surface area contributed by atoms with Crippen molar-refractivity contribution >= 4 is 15.8 Å². The van der Waals surface area contributed by atoms with Crippen LogP contribution >= 0.6 is 0 Å². The average Bonchev–Trinajstić information content (AvgIpc) is 2.53. The highest BCUT2D eigenvalue weighted by atomic mass is 32.2. The predicted molar refractivity (Wildman–Crippen MR) is 63.3 cm³/mol. The molecule has 2 saturated heterocycles. The Hall–Kier alpha value is -0.620. The van der Waals surface area contributed by atoms with Gasteiger partial charge in [-0.2, -0.15) is 0 Å². The smallest absolute Gasteiger partial charge is 0.328 e. The number of esters is 1. The minimum atomic E-state index is -3.13. The third kappa shape index (κ3) is 2.33. The summed E-state index contributed by atoms with van der Waals surface area (Å²) in [5.74, 6) is -0.588. The molecule has 17 heavy (non-hydrogen) atoms. The van der Waals surface area contributed by atoms with Crippen LogP contribution in [0.1, 0.15) is 27.2 Å². The maximum absolute atomic E-state index is 12.2. The van der Waals surface area contributed by atoms with Crippen LogP contribution in [-0.4, -0.2) is 43.6 Å². The number of rotatable bonds is 1. The zero-order chi connectivity index (χ0) is 12.9. The van der Waals surface area contributed by atoms with Crippen molar-refractivity contribution in [3.63, 3.8) is 0 Å². The Labute approximate surface area is 102 Å². The minimum Gasteiger partial charge on any atom is -0.459 e. The second-order valence-electron chi connectivity index (χ2n) is 5.94. The Balaban J connectivity index is 2.26. The Bertz CT molecular complexity index is 437. The molecule has 5 nitrogen and oxygen atoms in total. The molecule has 0 radical (unpaired) electrons. The van der Waals surface area contributed by atoms with Gasteiger partial charge in [-0.05, 0) is 33.7 Å². The van der Waals surface area contributed by atoms with Crippen LogP contribution in [0.2, 0.25) is 0 Å². The number of hydrogen-bond acceptors (Lipinski definition) is 5. The van der Waals surface area contributed by atoms with Crippen LogP contribution in [0.25, 0.3) is 0 Å². The first-order chi connectivity index (χ1) is 7.65. The normalized spacial score (nSPS) is 35.6. The molecule has 2 fully saturated rings. The van der Waals surface area contributed by atoms with Crippen LogP contribution < -0.4 is 5.32 Å². The molecule has 0 aliphatic carbocycles. The molecule has 0 unspecified atom stereocenters. The molecule has 0 aromatic heterocycles. The predicted octanol–water partition coefficient (Wildman–Crippen LogP) is 0.105. The fourth-order valence-corrected chi connectivity index (χ4v) is 4.97. The number of carbonyl (C=O) groups is 1. The van der Waals surface area contributed by atoms with Gasteiger partial charge in [0.2, 0.25) is 0 Å². The van der Waals surface area contributed by atoms with E-state index < -0.39 is 26.9 Å². The van der Waals surface area contributed by atoms with Crippen molar-refractivity contribution in [3.8, 4) is 0 Å². The summed E-state index contributed by atoms with van der Waals surface area (Å²) in [6.07, 6.45) is 0.721. The van der Waals surface area contributed by atoms with Gasteiger partial charge in [-0.1, -0.05) is 0 Å². The van der Waals surface area contributed by atoms with E-state index in [1.165, 1.54) is 0 Å². The fourth-order valence-electron chi connectivity index (χ4n) is 2.63. The first kappa shape index (κ1) is 12.8. The Kier molecular flexibility index (Phi) is 2.78. The molecule has 2 atom stereocenters. The monoisotopic (exact) mass is 261 g/mol. The fraction of sp³-hybridized carbons (Fsp3) is 0.909. The third-order valence-electron chi connectivity index (χ3n) is 3.30. The highest BCUT2D eigenvalue weighted by molar-refractivity contribution is 7.91. The van der Waals surface area contributed by atoms with Gasteiger partial charge in [-0.25, -0.2) is 13.2 Å². The molecular weight excluding hydrogens is 242 g/mol. The van der Waals surface area contributed by atoms with Crippen LogP contribution in [0.15, 0.2) is 0 Å². The summed E-state index contributed by atoms with van der Waals surface area (Å²) in [5.41, 5.74) is -1.58. The molecule has 1 N–H and O–H groups in total. The van der Waals surface area contributed by atoms with E-state index in [0.29, 0.717) is 6.54 Å². The van der Waals surface area contributed by atoms with Crippen molar-refractivity contribution in [1.29, 1.82) is 0 Å². The summed E-state index contributed by atoms with van der Waals surface area (Å²) in [7, 11) is -3.13. The highest BCUT2D eigenvalue weighted by Gasteiger charge is 2.59. The molecule has 2 heterocycles. The second-order valence-corrected chi connectivity index (χ2v) is 8.05. The van der Waals surface area contributed by atoms with Gasteiger partial charge in [-0.15, -0.1) is 0 Å². The summed E-state index contributed by atoms with van der Waals surface area (Å²) in [4.78, 5) is 12.2. The summed E-state index contributed by atoms with van der Waals surface area (Å²) >= 11 is 0. The molecule has 0 amide bonds. The Morgan fingerprint density at radius 1 is 1.41 bits per heavy atom. The van der Waals surface area contributed by atoms with Gasteiger partial charge in [0, 0.05) is 5.92 Å². The molecule has 0 aromatic carbocycles. The summed E-state index contributed by atoms with van der Waals surface area (Å²) in [6.45, 7) is 6.04. The number of nitrogens with one attached hydrogen (secondary N) is 1. The number of sulfone groups is 1. The average molecular weight is 261 g/mol. The molecule has 0 aromatic rings. The molecule has 2 rings (SSSR count). The van der Waals surface area contributed by atoms with E-state index in [1.54, 1.807) is 20.8 Å². The number of fused-ring (bicyclic) bond motifs is 1. The zero-order valence-corrected chi connectivity index (χ0v) is 11.3. The first-order valence-electron chi connectivity index (χ1n) is 5.84. The standard InChI is InChI=1S/C11H19NO4S/c1-10(2,3)16-9(13)11-7-17(14,15)6-8(11)4-5-12-11/h8,12H,4-7H2,1-3H3/t8-,11+/m1/s1. The molecule has 2 aliphatic rings. The highest BCUT2D eigenvalue weighted by Crippen LogP contribution is 2.37. The van der Waals surface area contributed by atoms with Gasteiger partial charge in [0.05, 0.1) is 11.5 Å². The van der Waals surface area contributed by atoms with Gasteiger partial charge in [0.25, 0.3) is 0 Å². The van der Waals surface area contributed by atoms with Crippen LogP contribution in [0.4, 0.5) is 0 Å². The topological polar surface area (TPSA) is 72.5 Å². The van der Waals surface area contributed by atoms with Crippen LogP contribution in [0, 0.1) is 5.92 Å². The largest absolute Gasteiger partial charge is 0.459 e. The van der Waals surface area contributed by atoms with Gasteiger partial charge < -0.3 is 10.1 Å². The second kappa shape index (κ2) is 3.68. The summed E-state index contributed by atoms with van der Waals surface area (Å²) in [6, 6.07) is 0. The molecular formula is C11H19NO4S. The van der Waals surface area contributed by atoms with Crippen molar-refractivity contribution in [1.82, 2.24) is 5.32 Å². The molecule has 0 saturated carbocycles. The quantitative estimate of drug-likeness (QED) is 0.678. The number of ether oxygens (including phenoxy) is 1. The van der Waals surface area contributed by atoms with Gasteiger partial charge >= 0.3 is 5.97 Å². The van der Waals surface area contributed by atoms with Crippen molar-refractivity contribution < 1.29 is 17.9 Å². The SMILES string of the molecule is CC(C)(C)OC(=O)[C@]12CS(=O)(=O)C[C@H]1CCN2. The zero-order valence-electron chi connectivity index (χ0n) is 10.4. The van der Waals surface area contributed by atoms with Crippen molar-refractivity contribution in [2.45, 2.75) is 38.3 Å². The molecule has 0 bridgehead atoms. The summed E-state index contributed by atoms with van der Waals surface area (Å²) < 4.78 is 28.7. The molecule has 98 valence electrons. The molecule has 6 heteroatoms. The van der Waals surface area contributed by atoms with Crippen molar-refractivity contribution in [3.05, 3.63) is 0 Å². The van der Waals surface area contributed by atoms with E-state index in [2.05, 4.69) is 5.32 Å². The molecule has 0 spiro atoms. The van der Waals surface area contributed by atoms with E-state index in [4.69, 9.17) is 4.74 Å².